The van der Waals surface area contributed by atoms with E-state index < -0.39 is 22.3 Å². The van der Waals surface area contributed by atoms with Gasteiger partial charge in [0, 0.05) is 30.1 Å². The number of Topliss-reactive ketones (excluding diaryl/α,β-unsaturated/α-hetero) is 1. The number of amides is 2. The number of ketones is 1. The summed E-state index contributed by atoms with van der Waals surface area (Å²) in [6.07, 6.45) is 7.48. The molecule has 0 aromatic carbocycles. The third-order valence-electron chi connectivity index (χ3n) is 13.3. The molecule has 8 rings (SSSR count). The van der Waals surface area contributed by atoms with E-state index in [4.69, 9.17) is 24.2 Å². The van der Waals surface area contributed by atoms with Crippen molar-refractivity contribution < 1.29 is 28.6 Å². The fourth-order valence-electron chi connectivity index (χ4n) is 11.9. The first-order chi connectivity index (χ1) is 25.0. The van der Waals surface area contributed by atoms with Gasteiger partial charge in [-0.1, -0.05) is 19.9 Å². The Morgan fingerprint density at radius 1 is 0.811 bits per heavy atom. The number of rotatable bonds is 2. The van der Waals surface area contributed by atoms with Crippen LogP contribution in [0.4, 0.5) is 9.59 Å². The predicted octanol–water partition coefficient (Wildman–Crippen LogP) is 8.68. The van der Waals surface area contributed by atoms with Crippen molar-refractivity contribution >= 4 is 18.0 Å². The molecule has 10 nitrogen and oxygen atoms in total. The number of piperidine rings is 2. The molecule has 2 amide bonds. The first kappa shape index (κ1) is 36.3. The highest BCUT2D eigenvalue weighted by Crippen LogP contribution is 2.61. The lowest BCUT2D eigenvalue weighted by atomic mass is 9.53. The van der Waals surface area contributed by atoms with Crippen LogP contribution in [0.1, 0.15) is 134 Å². The number of pyridine rings is 2. The van der Waals surface area contributed by atoms with E-state index in [0.717, 1.165) is 74.6 Å². The normalized spacial score (nSPS) is 33.2. The lowest BCUT2D eigenvalue weighted by Crippen LogP contribution is -2.65. The van der Waals surface area contributed by atoms with Gasteiger partial charge in [0.25, 0.3) is 0 Å². The maximum absolute atomic E-state index is 14.6. The van der Waals surface area contributed by atoms with Crippen molar-refractivity contribution in [1.29, 1.82) is 0 Å². The van der Waals surface area contributed by atoms with Crippen molar-refractivity contribution in [1.82, 2.24) is 19.8 Å². The minimum Gasteiger partial charge on any atom is -0.480 e. The Morgan fingerprint density at radius 2 is 1.40 bits per heavy atom. The zero-order valence-electron chi connectivity index (χ0n) is 33.2. The van der Waals surface area contributed by atoms with Gasteiger partial charge in [-0.05, 0) is 141 Å². The van der Waals surface area contributed by atoms with Crippen LogP contribution in [0.25, 0.3) is 11.3 Å². The van der Waals surface area contributed by atoms with Crippen LogP contribution in [0.3, 0.4) is 0 Å². The first-order valence-corrected chi connectivity index (χ1v) is 20.1. The second kappa shape index (κ2) is 12.4. The molecule has 4 bridgehead atoms. The SMILES string of the molecule is COc1nc2c(cc1-c1ccc3c(n1)C(=O)[C@@H]1C[C@@H](C)C[C@@]34[C@@H]1CCCN4C(=O)OC(C)(C)C)[C@@]13C[C@H](C)C[C@@H](C2)[C@H]1CCCN3C(=O)OC(C)(C)C. The van der Waals surface area contributed by atoms with Crippen molar-refractivity contribution in [2.24, 2.45) is 35.5 Å². The van der Waals surface area contributed by atoms with Crippen LogP contribution in [0.2, 0.25) is 0 Å². The summed E-state index contributed by atoms with van der Waals surface area (Å²) in [6, 6.07) is 6.21. The molecule has 2 aliphatic heterocycles. The van der Waals surface area contributed by atoms with E-state index in [2.05, 4.69) is 19.9 Å². The number of ether oxygens (including phenoxy) is 3. The average Bonchev–Trinajstić information content (AvgIpc) is 3.07. The molecule has 4 fully saturated rings. The van der Waals surface area contributed by atoms with E-state index >= 15 is 0 Å². The lowest BCUT2D eigenvalue weighted by Gasteiger charge is -2.61. The summed E-state index contributed by atoms with van der Waals surface area (Å²) in [5.41, 5.74) is 2.17. The summed E-state index contributed by atoms with van der Waals surface area (Å²) in [5.74, 6) is 1.75. The van der Waals surface area contributed by atoms with Crippen LogP contribution in [0, 0.1) is 35.5 Å². The number of likely N-dealkylation sites (tertiary alicyclic amines) is 2. The highest BCUT2D eigenvalue weighted by Gasteiger charge is 2.62. The maximum atomic E-state index is 14.6. The van der Waals surface area contributed by atoms with E-state index in [-0.39, 0.29) is 35.7 Å². The first-order valence-electron chi connectivity index (χ1n) is 20.1. The topological polar surface area (TPSA) is 111 Å². The summed E-state index contributed by atoms with van der Waals surface area (Å²) in [5, 5.41) is 0. The van der Waals surface area contributed by atoms with Gasteiger partial charge in [0.2, 0.25) is 5.88 Å². The van der Waals surface area contributed by atoms with Crippen LogP contribution < -0.4 is 4.74 Å². The average molecular weight is 727 g/mol. The molecule has 0 radical (unpaired) electrons. The van der Waals surface area contributed by atoms with Crippen LogP contribution >= 0.6 is 0 Å². The Hall–Kier alpha value is -3.69. The summed E-state index contributed by atoms with van der Waals surface area (Å²) >= 11 is 0. The van der Waals surface area contributed by atoms with E-state index in [1.165, 1.54) is 0 Å². The Labute approximate surface area is 314 Å². The van der Waals surface area contributed by atoms with Crippen molar-refractivity contribution in [3.63, 3.8) is 0 Å². The second-order valence-corrected chi connectivity index (χ2v) is 19.3. The highest BCUT2D eigenvalue weighted by atomic mass is 16.6. The number of aromatic nitrogens is 2. The minimum absolute atomic E-state index is 0.0231. The van der Waals surface area contributed by atoms with Gasteiger partial charge in [-0.3, -0.25) is 14.6 Å². The van der Waals surface area contributed by atoms with Gasteiger partial charge in [-0.2, -0.15) is 0 Å². The third-order valence-corrected chi connectivity index (χ3v) is 13.3. The number of hydrogen-bond acceptors (Lipinski definition) is 8. The zero-order valence-corrected chi connectivity index (χ0v) is 33.2. The maximum Gasteiger partial charge on any atom is 0.411 e. The monoisotopic (exact) mass is 726 g/mol. The summed E-state index contributed by atoms with van der Waals surface area (Å²) in [6.45, 7) is 17.2. The smallest absolute Gasteiger partial charge is 0.411 e. The molecule has 53 heavy (non-hydrogen) atoms. The minimum atomic E-state index is -0.661. The molecule has 286 valence electrons. The number of carbonyl (C=O) groups is 3. The van der Waals surface area contributed by atoms with Crippen molar-refractivity contribution in [2.45, 2.75) is 135 Å². The molecule has 0 N–H and O–H groups in total. The molecular weight excluding hydrogens is 668 g/mol. The molecule has 2 saturated heterocycles. The van der Waals surface area contributed by atoms with E-state index in [1.54, 1.807) is 7.11 Å². The van der Waals surface area contributed by atoms with E-state index in [1.807, 2.05) is 63.5 Å². The van der Waals surface area contributed by atoms with Gasteiger partial charge in [0.1, 0.15) is 16.9 Å². The molecule has 2 saturated carbocycles. The fraction of sp³-hybridized carbons (Fsp3) is 0.698. The lowest BCUT2D eigenvalue weighted by molar-refractivity contribution is -0.0933. The number of nitrogens with zero attached hydrogens (tertiary/aromatic N) is 4. The quantitative estimate of drug-likeness (QED) is 0.302. The number of methoxy groups -OCH3 is 1. The molecule has 4 aliphatic carbocycles. The number of carbonyl (C=O) groups excluding carboxylic acids is 3. The zero-order chi connectivity index (χ0) is 37.8. The number of hydrogen-bond donors (Lipinski definition) is 0. The molecular formula is C43H58N4O6. The Morgan fingerprint density at radius 3 is 2.00 bits per heavy atom. The molecule has 0 spiro atoms. The molecule has 6 aliphatic rings. The van der Waals surface area contributed by atoms with E-state index in [9.17, 15) is 14.4 Å². The van der Waals surface area contributed by atoms with Crippen LogP contribution in [0.15, 0.2) is 18.2 Å². The molecule has 10 heteroatoms. The van der Waals surface area contributed by atoms with Crippen molar-refractivity contribution in [3.8, 4) is 17.1 Å². The van der Waals surface area contributed by atoms with Crippen molar-refractivity contribution in [3.05, 3.63) is 40.7 Å². The van der Waals surface area contributed by atoms with Crippen LogP contribution in [-0.2, 0) is 27.0 Å². The standard InChI is InChI=1S/C43H58N4O6/c1-24-18-26-20-34-32(42(22-24)29(26)12-10-16-46(42)38(49)52-40(3,4)5)21-28(37(45-34)51-9)33-15-14-31-35(44-33)36(48)27-19-25(2)23-43(31)30(27)13-11-17-47(43)39(50)53-41(6,7)8/h14-15,21,24-27,29-30H,10-13,16-20,22-23H2,1-9H3/t24-,25-,26+,27-,29-,30-,42-,43-/m1/s1. The Kier molecular flexibility index (Phi) is 8.50. The molecule has 8 atom stereocenters. The van der Waals surface area contributed by atoms with Crippen LogP contribution in [-0.4, -0.2) is 69.1 Å². The predicted molar refractivity (Wildman–Crippen MR) is 201 cm³/mol. The second-order valence-electron chi connectivity index (χ2n) is 19.3. The van der Waals surface area contributed by atoms with E-state index in [0.29, 0.717) is 53.7 Å². The number of fused-ring (bicyclic) bond motifs is 2. The molecule has 2 aromatic rings. The van der Waals surface area contributed by atoms with Gasteiger partial charge >= 0.3 is 12.2 Å². The summed E-state index contributed by atoms with van der Waals surface area (Å²) < 4.78 is 18.1. The Balaban J connectivity index is 1.28. The van der Waals surface area contributed by atoms with Gasteiger partial charge < -0.3 is 14.2 Å². The molecule has 2 aromatic heterocycles. The molecule has 4 heterocycles. The Bertz CT molecular complexity index is 1850. The van der Waals surface area contributed by atoms with Crippen LogP contribution in [0.5, 0.6) is 5.88 Å². The van der Waals surface area contributed by atoms with Gasteiger partial charge in [0.15, 0.2) is 5.78 Å². The fourth-order valence-corrected chi connectivity index (χ4v) is 11.9. The summed E-state index contributed by atoms with van der Waals surface area (Å²) in [7, 11) is 1.64. The largest absolute Gasteiger partial charge is 0.480 e. The van der Waals surface area contributed by atoms with Gasteiger partial charge in [-0.25, -0.2) is 19.6 Å². The van der Waals surface area contributed by atoms with Gasteiger partial charge in [-0.15, -0.1) is 0 Å². The highest BCUT2D eigenvalue weighted by molar-refractivity contribution is 6.00. The van der Waals surface area contributed by atoms with Crippen molar-refractivity contribution in [2.75, 3.05) is 20.2 Å². The van der Waals surface area contributed by atoms with Gasteiger partial charge in [0.05, 0.1) is 35.1 Å². The summed E-state index contributed by atoms with van der Waals surface area (Å²) in [4.78, 5) is 57.1. The molecule has 0 unspecified atom stereocenters. The third kappa shape index (κ3) is 5.66.